The highest BCUT2D eigenvalue weighted by Gasteiger charge is 2.20. The predicted octanol–water partition coefficient (Wildman–Crippen LogP) is 6.44. The van der Waals surface area contributed by atoms with Crippen molar-refractivity contribution in [1.82, 2.24) is 4.90 Å². The largest absolute Gasteiger partial charge is 0.305 e. The predicted molar refractivity (Wildman–Crippen MR) is 150 cm³/mol. The highest BCUT2D eigenvalue weighted by Crippen LogP contribution is 2.34. The molecule has 3 aromatic carbocycles. The number of nitrogens with two attached hydrogens (primary N) is 1. The van der Waals surface area contributed by atoms with Crippen molar-refractivity contribution in [3.8, 4) is 11.1 Å². The van der Waals surface area contributed by atoms with E-state index < -0.39 is 15.8 Å². The summed E-state index contributed by atoms with van der Waals surface area (Å²) in [5.74, 6) is -0.0453. The van der Waals surface area contributed by atoms with Crippen molar-refractivity contribution in [2.45, 2.75) is 64.3 Å². The minimum Gasteiger partial charge on any atom is -0.305 e. The fraction of sp³-hybridized carbons (Fsp3) is 0.367. The number of nitrogens with zero attached hydrogens (tertiary/aromatic N) is 2. The maximum absolute atomic E-state index is 13.2. The Balaban J connectivity index is 1.99. The van der Waals surface area contributed by atoms with Crippen molar-refractivity contribution in [1.29, 1.82) is 0 Å². The van der Waals surface area contributed by atoms with Crippen molar-refractivity contribution in [2.75, 3.05) is 14.1 Å². The van der Waals surface area contributed by atoms with E-state index in [0.717, 1.165) is 39.9 Å². The Labute approximate surface area is 217 Å². The lowest BCUT2D eigenvalue weighted by Crippen LogP contribution is -2.17. The Morgan fingerprint density at radius 1 is 0.889 bits per heavy atom. The molecule has 0 radical (unpaired) electrons. The molecule has 0 fully saturated rings. The Bertz CT molecular complexity index is 1300. The fourth-order valence-corrected chi connectivity index (χ4v) is 5.41. The molecule has 3 rings (SSSR count). The molecule has 1 atom stereocenters. The van der Waals surface area contributed by atoms with Gasteiger partial charge in [-0.05, 0) is 78.4 Å². The van der Waals surface area contributed by atoms with E-state index in [1.165, 1.54) is 5.56 Å². The van der Waals surface area contributed by atoms with Gasteiger partial charge in [0, 0.05) is 6.54 Å². The molecule has 0 spiro atoms. The number of hydrogen-bond donors (Lipinski definition) is 1. The number of amides is 1. The quantitative estimate of drug-likeness (QED) is 0.383. The zero-order chi connectivity index (χ0) is 26.6. The van der Waals surface area contributed by atoms with Crippen LogP contribution >= 0.6 is 0 Å². The minimum absolute atomic E-state index is 0.0715. The van der Waals surface area contributed by atoms with Gasteiger partial charge in [0.05, 0.1) is 11.3 Å². The first-order chi connectivity index (χ1) is 16.9. The lowest BCUT2D eigenvalue weighted by molar-refractivity contribution is -0.117. The Morgan fingerprint density at radius 2 is 1.42 bits per heavy atom. The van der Waals surface area contributed by atoms with Gasteiger partial charge in [-0.3, -0.25) is 4.79 Å². The molecule has 3 aromatic rings. The Hall–Kier alpha value is -2.80. The molecule has 1 unspecified atom stereocenters. The second-order valence-electron chi connectivity index (χ2n) is 10.4. The first-order valence-corrected chi connectivity index (χ1v) is 14.0. The summed E-state index contributed by atoms with van der Waals surface area (Å²) in [4.78, 5) is 15.5. The summed E-state index contributed by atoms with van der Waals surface area (Å²) in [6.07, 6.45) is 0.0715. The van der Waals surface area contributed by atoms with Crippen molar-refractivity contribution in [2.24, 2.45) is 9.50 Å². The normalized spacial score (nSPS) is 13.3. The summed E-state index contributed by atoms with van der Waals surface area (Å²) in [6.45, 7) is 11.4. The van der Waals surface area contributed by atoms with E-state index in [0.29, 0.717) is 4.90 Å². The standard InChI is InChI=1S/C30H39N3O2S/c1-20(2)27-16-25(24-12-8-22(5)9-13-24)17-28(21(3)4)29(27)18-30(34)32-36(31,35)26-14-10-23(11-15-26)19-33(6)7/h8-17,20-21H,18-19H2,1-7H3,(H2,31,32,34,35). The molecule has 5 nitrogen and oxygen atoms in total. The van der Waals surface area contributed by atoms with Gasteiger partial charge in [0.25, 0.3) is 5.91 Å². The third kappa shape index (κ3) is 6.90. The summed E-state index contributed by atoms with van der Waals surface area (Å²) in [6, 6.07) is 20.0. The van der Waals surface area contributed by atoms with Crippen LogP contribution in [0.1, 0.15) is 67.3 Å². The second-order valence-corrected chi connectivity index (χ2v) is 12.2. The average Bonchev–Trinajstić information content (AvgIpc) is 2.79. The van der Waals surface area contributed by atoms with Gasteiger partial charge in [-0.25, -0.2) is 9.35 Å². The molecule has 0 saturated carbocycles. The van der Waals surface area contributed by atoms with Crippen molar-refractivity contribution < 1.29 is 9.00 Å². The van der Waals surface area contributed by atoms with Crippen LogP contribution in [0.15, 0.2) is 69.9 Å². The van der Waals surface area contributed by atoms with E-state index in [1.807, 2.05) is 31.1 Å². The lowest BCUT2D eigenvalue weighted by atomic mass is 9.84. The molecule has 6 heteroatoms. The first-order valence-electron chi connectivity index (χ1n) is 12.4. The highest BCUT2D eigenvalue weighted by molar-refractivity contribution is 7.91. The van der Waals surface area contributed by atoms with E-state index in [1.54, 1.807) is 12.1 Å². The topological polar surface area (TPSA) is 75.8 Å². The summed E-state index contributed by atoms with van der Waals surface area (Å²) < 4.78 is 17.2. The van der Waals surface area contributed by atoms with Crippen LogP contribution in [0.2, 0.25) is 0 Å². The SMILES string of the molecule is Cc1ccc(-c2cc(C(C)C)c(CC(=O)N=S(N)(=O)c3ccc(CN(C)C)cc3)c(C(C)C)c2)cc1. The van der Waals surface area contributed by atoms with Gasteiger partial charge in [-0.1, -0.05) is 81.8 Å². The summed E-state index contributed by atoms with van der Waals surface area (Å²) in [7, 11) is 0.634. The molecular formula is C30H39N3O2S. The maximum Gasteiger partial charge on any atom is 0.259 e. The van der Waals surface area contributed by atoms with E-state index >= 15 is 0 Å². The average molecular weight is 506 g/mol. The molecule has 36 heavy (non-hydrogen) atoms. The maximum atomic E-state index is 13.2. The van der Waals surface area contributed by atoms with Gasteiger partial charge >= 0.3 is 0 Å². The van der Waals surface area contributed by atoms with Crippen LogP contribution in [0.3, 0.4) is 0 Å². The number of carbonyl (C=O) groups is 1. The molecule has 0 heterocycles. The van der Waals surface area contributed by atoms with Gasteiger partial charge < -0.3 is 4.90 Å². The van der Waals surface area contributed by atoms with Crippen molar-refractivity contribution in [3.05, 3.63) is 88.5 Å². The van der Waals surface area contributed by atoms with Gasteiger partial charge in [0.2, 0.25) is 0 Å². The van der Waals surface area contributed by atoms with Crippen molar-refractivity contribution >= 4 is 15.8 Å². The molecule has 0 aliphatic carbocycles. The molecular weight excluding hydrogens is 466 g/mol. The first kappa shape index (κ1) is 27.8. The Kier molecular flexibility index (Phi) is 8.88. The van der Waals surface area contributed by atoms with Gasteiger partial charge in [-0.15, -0.1) is 4.36 Å². The van der Waals surface area contributed by atoms with Gasteiger partial charge in [0.15, 0.2) is 0 Å². The lowest BCUT2D eigenvalue weighted by Gasteiger charge is -2.21. The van der Waals surface area contributed by atoms with E-state index in [9.17, 15) is 9.00 Å². The molecule has 0 bridgehead atoms. The van der Waals surface area contributed by atoms with Crippen LogP contribution in [-0.2, 0) is 27.7 Å². The molecule has 2 N–H and O–H groups in total. The zero-order valence-corrected chi connectivity index (χ0v) is 23.4. The number of aryl methyl sites for hydroxylation is 1. The number of rotatable bonds is 8. The molecule has 0 aliphatic heterocycles. The molecule has 0 saturated heterocycles. The molecule has 192 valence electrons. The van der Waals surface area contributed by atoms with Gasteiger partial charge in [0.1, 0.15) is 9.92 Å². The zero-order valence-electron chi connectivity index (χ0n) is 22.5. The van der Waals surface area contributed by atoms with E-state index in [4.69, 9.17) is 5.14 Å². The van der Waals surface area contributed by atoms with Crippen LogP contribution in [0.4, 0.5) is 0 Å². The smallest absolute Gasteiger partial charge is 0.259 e. The number of hydrogen-bond acceptors (Lipinski definition) is 3. The van der Waals surface area contributed by atoms with E-state index in [2.05, 4.69) is 75.4 Å². The van der Waals surface area contributed by atoms with Crippen LogP contribution in [0.25, 0.3) is 11.1 Å². The summed E-state index contributed by atoms with van der Waals surface area (Å²) >= 11 is 0. The summed E-state index contributed by atoms with van der Waals surface area (Å²) in [5.41, 5.74) is 7.75. The number of carbonyl (C=O) groups excluding carboxylic acids is 1. The molecule has 0 aromatic heterocycles. The van der Waals surface area contributed by atoms with Crippen molar-refractivity contribution in [3.63, 3.8) is 0 Å². The van der Waals surface area contributed by atoms with Crippen LogP contribution in [0.5, 0.6) is 0 Å². The van der Waals surface area contributed by atoms with Gasteiger partial charge in [-0.2, -0.15) is 0 Å². The third-order valence-electron chi connectivity index (χ3n) is 6.27. The third-order valence-corrected chi connectivity index (χ3v) is 7.70. The Morgan fingerprint density at radius 3 is 1.89 bits per heavy atom. The fourth-order valence-electron chi connectivity index (χ4n) is 4.41. The van der Waals surface area contributed by atoms with E-state index in [-0.39, 0.29) is 18.3 Å². The highest BCUT2D eigenvalue weighted by atomic mass is 32.2. The van der Waals surface area contributed by atoms with Crippen LogP contribution < -0.4 is 5.14 Å². The number of benzene rings is 3. The minimum atomic E-state index is -3.33. The summed E-state index contributed by atoms with van der Waals surface area (Å²) in [5, 5.41) is 6.08. The molecule has 1 amide bonds. The van der Waals surface area contributed by atoms with Crippen LogP contribution in [-0.4, -0.2) is 29.1 Å². The molecule has 0 aliphatic rings. The monoisotopic (exact) mass is 505 g/mol. The second kappa shape index (κ2) is 11.5. The van der Waals surface area contributed by atoms with Crippen LogP contribution in [0, 0.1) is 6.92 Å².